The van der Waals surface area contributed by atoms with Gasteiger partial charge in [0.05, 0.1) is 43.3 Å². The number of aromatic nitrogens is 2. The summed E-state index contributed by atoms with van der Waals surface area (Å²) >= 11 is 0. The second-order valence-corrected chi connectivity index (χ2v) is 7.08. The lowest BCUT2D eigenvalue weighted by Crippen LogP contribution is -2.31. The summed E-state index contributed by atoms with van der Waals surface area (Å²) < 4.78 is 20.0. The highest BCUT2D eigenvalue weighted by Crippen LogP contribution is 2.28. The number of nitrogens with two attached hydrogens (primary N) is 1. The molecule has 3 aromatic rings. The first-order valence-corrected chi connectivity index (χ1v) is 9.53. The second-order valence-electron chi connectivity index (χ2n) is 7.08. The fourth-order valence-electron chi connectivity index (χ4n) is 3.23. The SMILES string of the molecule is Nc1ncc(C2COC2)nc1-c1ccc(C(=O)NC(CO)c2ccccc2)c(F)c1. The van der Waals surface area contributed by atoms with E-state index in [4.69, 9.17) is 10.5 Å². The Labute approximate surface area is 172 Å². The summed E-state index contributed by atoms with van der Waals surface area (Å²) in [5, 5.41) is 12.3. The lowest BCUT2D eigenvalue weighted by Gasteiger charge is -2.25. The molecule has 1 aliphatic heterocycles. The van der Waals surface area contributed by atoms with E-state index in [1.807, 2.05) is 6.07 Å². The maximum Gasteiger partial charge on any atom is 0.254 e. The Bertz CT molecular complexity index is 1060. The molecule has 0 aliphatic carbocycles. The van der Waals surface area contributed by atoms with Gasteiger partial charge in [-0.15, -0.1) is 0 Å². The minimum absolute atomic E-state index is 0.136. The molecule has 2 aromatic carbocycles. The molecule has 7 nitrogen and oxygen atoms in total. The molecule has 4 N–H and O–H groups in total. The average Bonchev–Trinajstić information content (AvgIpc) is 2.72. The third kappa shape index (κ3) is 4.00. The van der Waals surface area contributed by atoms with Gasteiger partial charge in [-0.1, -0.05) is 36.4 Å². The van der Waals surface area contributed by atoms with E-state index < -0.39 is 17.8 Å². The van der Waals surface area contributed by atoms with Crippen LogP contribution in [0.25, 0.3) is 11.3 Å². The van der Waals surface area contributed by atoms with Crippen molar-refractivity contribution in [1.29, 1.82) is 0 Å². The van der Waals surface area contributed by atoms with Crippen LogP contribution in [0, 0.1) is 5.82 Å². The normalized spacial score (nSPS) is 14.7. The van der Waals surface area contributed by atoms with Gasteiger partial charge in [0.15, 0.2) is 0 Å². The summed E-state index contributed by atoms with van der Waals surface area (Å²) in [6, 6.07) is 12.5. The van der Waals surface area contributed by atoms with Crippen LogP contribution in [-0.2, 0) is 4.74 Å². The van der Waals surface area contributed by atoms with E-state index in [9.17, 15) is 14.3 Å². The predicted molar refractivity (Wildman–Crippen MR) is 109 cm³/mol. The number of nitrogen functional groups attached to an aromatic ring is 1. The number of benzene rings is 2. The predicted octanol–water partition coefficient (Wildman–Crippen LogP) is 2.44. The third-order valence-corrected chi connectivity index (χ3v) is 5.05. The van der Waals surface area contributed by atoms with Crippen LogP contribution in [0.2, 0.25) is 0 Å². The number of aliphatic hydroxyl groups excluding tert-OH is 1. The molecule has 1 amide bonds. The van der Waals surface area contributed by atoms with E-state index in [0.29, 0.717) is 24.5 Å². The van der Waals surface area contributed by atoms with E-state index in [2.05, 4.69) is 15.3 Å². The van der Waals surface area contributed by atoms with Crippen molar-refractivity contribution < 1.29 is 19.0 Å². The number of hydrogen-bond donors (Lipinski definition) is 3. The van der Waals surface area contributed by atoms with Crippen molar-refractivity contribution in [3.63, 3.8) is 0 Å². The van der Waals surface area contributed by atoms with Crippen molar-refractivity contribution in [2.24, 2.45) is 0 Å². The molecule has 30 heavy (non-hydrogen) atoms. The largest absolute Gasteiger partial charge is 0.394 e. The Morgan fingerprint density at radius 2 is 2.03 bits per heavy atom. The summed E-state index contributed by atoms with van der Waals surface area (Å²) in [5.41, 5.74) is 8.06. The van der Waals surface area contributed by atoms with Crippen LogP contribution < -0.4 is 11.1 Å². The van der Waals surface area contributed by atoms with Crippen LogP contribution in [0.5, 0.6) is 0 Å². The monoisotopic (exact) mass is 408 g/mol. The summed E-state index contributed by atoms with van der Waals surface area (Å²) in [5.74, 6) is -1.00. The van der Waals surface area contributed by atoms with Crippen molar-refractivity contribution in [2.75, 3.05) is 25.6 Å². The van der Waals surface area contributed by atoms with Crippen molar-refractivity contribution >= 4 is 11.7 Å². The number of rotatable bonds is 6. The van der Waals surface area contributed by atoms with Crippen LogP contribution in [0.3, 0.4) is 0 Å². The van der Waals surface area contributed by atoms with Gasteiger partial charge >= 0.3 is 0 Å². The standard InChI is InChI=1S/C22H21FN4O3/c23-17-8-14(20-21(24)25-9-18(26-20)15-11-30-12-15)6-7-16(17)22(29)27-19(10-28)13-4-2-1-3-5-13/h1-9,15,19,28H,10-12H2,(H2,24,25)(H,27,29). The quantitative estimate of drug-likeness (QED) is 0.578. The van der Waals surface area contributed by atoms with Crippen LogP contribution in [0.1, 0.15) is 33.6 Å². The van der Waals surface area contributed by atoms with E-state index in [-0.39, 0.29) is 23.9 Å². The van der Waals surface area contributed by atoms with Gasteiger partial charge in [-0.3, -0.25) is 4.79 Å². The van der Waals surface area contributed by atoms with E-state index in [1.54, 1.807) is 36.5 Å². The van der Waals surface area contributed by atoms with Gasteiger partial charge in [0.25, 0.3) is 5.91 Å². The Morgan fingerprint density at radius 3 is 2.67 bits per heavy atom. The molecule has 1 aromatic heterocycles. The van der Waals surface area contributed by atoms with Crippen molar-refractivity contribution in [3.8, 4) is 11.3 Å². The minimum Gasteiger partial charge on any atom is -0.394 e. The molecule has 1 unspecified atom stereocenters. The van der Waals surface area contributed by atoms with Crippen LogP contribution >= 0.6 is 0 Å². The van der Waals surface area contributed by atoms with E-state index in [0.717, 1.165) is 11.3 Å². The minimum atomic E-state index is -0.715. The Morgan fingerprint density at radius 1 is 1.27 bits per heavy atom. The molecule has 1 saturated heterocycles. The number of halogens is 1. The topological polar surface area (TPSA) is 110 Å². The number of nitrogens with zero attached hydrogens (tertiary/aromatic N) is 2. The lowest BCUT2D eigenvalue weighted by molar-refractivity contribution is 0.00662. The van der Waals surface area contributed by atoms with Gasteiger partial charge < -0.3 is 20.9 Å². The van der Waals surface area contributed by atoms with E-state index in [1.165, 1.54) is 12.1 Å². The average molecular weight is 408 g/mol. The summed E-state index contributed by atoms with van der Waals surface area (Å²) in [4.78, 5) is 21.3. The Balaban J connectivity index is 1.57. The number of aliphatic hydroxyl groups is 1. The van der Waals surface area contributed by atoms with Gasteiger partial charge in [0, 0.05) is 11.5 Å². The summed E-state index contributed by atoms with van der Waals surface area (Å²) in [6.45, 7) is 0.831. The number of amides is 1. The molecule has 0 spiro atoms. The molecule has 1 atom stereocenters. The third-order valence-electron chi connectivity index (χ3n) is 5.05. The highest BCUT2D eigenvalue weighted by atomic mass is 19.1. The Hall–Kier alpha value is -3.36. The highest BCUT2D eigenvalue weighted by Gasteiger charge is 2.24. The molecule has 0 saturated carbocycles. The Kier molecular flexibility index (Phi) is 5.69. The zero-order valence-electron chi connectivity index (χ0n) is 16.1. The van der Waals surface area contributed by atoms with Crippen LogP contribution in [-0.4, -0.2) is 40.8 Å². The smallest absolute Gasteiger partial charge is 0.254 e. The molecule has 2 heterocycles. The number of anilines is 1. The number of carbonyl (C=O) groups is 1. The van der Waals surface area contributed by atoms with Gasteiger partial charge in [-0.2, -0.15) is 0 Å². The van der Waals surface area contributed by atoms with E-state index >= 15 is 0 Å². The first kappa shape index (κ1) is 19.9. The molecule has 0 bridgehead atoms. The van der Waals surface area contributed by atoms with Gasteiger partial charge in [-0.05, 0) is 17.7 Å². The molecule has 4 rings (SSSR count). The molecule has 1 fully saturated rings. The first-order chi connectivity index (χ1) is 14.6. The first-order valence-electron chi connectivity index (χ1n) is 9.53. The fourth-order valence-corrected chi connectivity index (χ4v) is 3.23. The number of ether oxygens (including phenoxy) is 1. The van der Waals surface area contributed by atoms with Crippen LogP contribution in [0.15, 0.2) is 54.7 Å². The molecule has 154 valence electrons. The molecule has 0 radical (unpaired) electrons. The second kappa shape index (κ2) is 8.56. The lowest BCUT2D eigenvalue weighted by atomic mass is 10.0. The van der Waals surface area contributed by atoms with Crippen molar-refractivity contribution in [3.05, 3.63) is 77.4 Å². The van der Waals surface area contributed by atoms with Crippen molar-refractivity contribution in [2.45, 2.75) is 12.0 Å². The number of hydrogen-bond acceptors (Lipinski definition) is 6. The van der Waals surface area contributed by atoms with Gasteiger partial charge in [0.2, 0.25) is 0 Å². The maximum atomic E-state index is 14.8. The molecular weight excluding hydrogens is 387 g/mol. The molecule has 1 aliphatic rings. The number of carbonyl (C=O) groups excluding carboxylic acids is 1. The summed E-state index contributed by atoms with van der Waals surface area (Å²) in [6.07, 6.45) is 1.60. The number of nitrogens with one attached hydrogen (secondary N) is 1. The van der Waals surface area contributed by atoms with Crippen LogP contribution in [0.4, 0.5) is 10.2 Å². The van der Waals surface area contributed by atoms with Crippen molar-refractivity contribution in [1.82, 2.24) is 15.3 Å². The van der Waals surface area contributed by atoms with Gasteiger partial charge in [0.1, 0.15) is 17.3 Å². The molecular formula is C22H21FN4O3. The molecule has 8 heteroatoms. The zero-order valence-corrected chi connectivity index (χ0v) is 16.1. The fraction of sp³-hybridized carbons (Fsp3) is 0.227. The maximum absolute atomic E-state index is 14.8. The summed E-state index contributed by atoms with van der Waals surface area (Å²) in [7, 11) is 0. The zero-order chi connectivity index (χ0) is 21.1. The van der Waals surface area contributed by atoms with Gasteiger partial charge in [-0.25, -0.2) is 14.4 Å². The highest BCUT2D eigenvalue weighted by molar-refractivity contribution is 5.95.